The van der Waals surface area contributed by atoms with Crippen molar-refractivity contribution in [3.05, 3.63) is 54.1 Å². The zero-order chi connectivity index (χ0) is 23.3. The molecule has 6 heteroatoms. The highest BCUT2D eigenvalue weighted by Gasteiger charge is 2.54. The highest BCUT2D eigenvalue weighted by atomic mass is 16.5. The molecule has 1 aromatic heterocycles. The highest BCUT2D eigenvalue weighted by Crippen LogP contribution is 2.60. The van der Waals surface area contributed by atoms with Gasteiger partial charge in [0.1, 0.15) is 0 Å². The molecule has 4 aliphatic carbocycles. The van der Waals surface area contributed by atoms with E-state index in [0.717, 1.165) is 65.3 Å². The fourth-order valence-electron chi connectivity index (χ4n) is 7.00. The van der Waals surface area contributed by atoms with Crippen molar-refractivity contribution in [1.29, 1.82) is 0 Å². The maximum absolute atomic E-state index is 13.4. The minimum absolute atomic E-state index is 0.149. The molecule has 0 atom stereocenters. The lowest BCUT2D eigenvalue weighted by Crippen LogP contribution is -2.51. The van der Waals surface area contributed by atoms with E-state index in [9.17, 15) is 4.79 Å². The molecule has 0 spiro atoms. The lowest BCUT2D eigenvalue weighted by molar-refractivity contribution is -0.140. The van der Waals surface area contributed by atoms with Crippen LogP contribution in [0.15, 0.2) is 48.5 Å². The lowest BCUT2D eigenvalue weighted by atomic mass is 9.49. The van der Waals surface area contributed by atoms with E-state index in [1.54, 1.807) is 0 Å². The number of hydrogen-bond acceptors (Lipinski definition) is 4. The molecule has 6 nitrogen and oxygen atoms in total. The molecule has 34 heavy (non-hydrogen) atoms. The van der Waals surface area contributed by atoms with Crippen LogP contribution in [0.4, 0.5) is 5.69 Å². The van der Waals surface area contributed by atoms with Crippen LogP contribution in [0.3, 0.4) is 0 Å². The van der Waals surface area contributed by atoms with Crippen molar-refractivity contribution in [1.82, 2.24) is 14.8 Å². The van der Waals surface area contributed by atoms with Crippen LogP contribution >= 0.6 is 0 Å². The molecule has 2 aromatic carbocycles. The number of aryl methyl sites for hydroxylation is 1. The first-order chi connectivity index (χ1) is 16.5. The Morgan fingerprint density at radius 3 is 2.29 bits per heavy atom. The molecular formula is C28H32N4O2. The van der Waals surface area contributed by atoms with E-state index < -0.39 is 0 Å². The average molecular weight is 457 g/mol. The van der Waals surface area contributed by atoms with Gasteiger partial charge in [0.15, 0.2) is 5.82 Å². The molecule has 4 saturated carbocycles. The topological polar surface area (TPSA) is 69.0 Å². The summed E-state index contributed by atoms with van der Waals surface area (Å²) in [5, 5.41) is 7.85. The first kappa shape index (κ1) is 21.4. The van der Waals surface area contributed by atoms with Crippen molar-refractivity contribution in [2.24, 2.45) is 23.2 Å². The Bertz CT molecular complexity index is 1180. The molecular weight excluding hydrogens is 424 g/mol. The Balaban J connectivity index is 1.25. The smallest absolute Gasteiger partial charge is 0.336 e. The molecule has 0 unspecified atom stereocenters. The van der Waals surface area contributed by atoms with Gasteiger partial charge in [-0.15, -0.1) is 5.10 Å². The van der Waals surface area contributed by atoms with Gasteiger partial charge < -0.3 is 10.1 Å². The third-order valence-corrected chi connectivity index (χ3v) is 8.14. The number of nitrogens with zero attached hydrogens (tertiary/aromatic N) is 3. The number of rotatable bonds is 6. The van der Waals surface area contributed by atoms with Crippen LogP contribution in [0.5, 0.6) is 6.01 Å². The van der Waals surface area contributed by atoms with Crippen LogP contribution in [-0.2, 0) is 4.79 Å². The summed E-state index contributed by atoms with van der Waals surface area (Å²) >= 11 is 0. The van der Waals surface area contributed by atoms with Crippen LogP contribution in [-0.4, -0.2) is 27.3 Å². The molecule has 1 heterocycles. The molecule has 0 radical (unpaired) electrons. The van der Waals surface area contributed by atoms with Crippen molar-refractivity contribution < 1.29 is 9.53 Å². The molecule has 0 saturated heterocycles. The molecule has 0 aliphatic heterocycles. The van der Waals surface area contributed by atoms with Gasteiger partial charge in [0.25, 0.3) is 0 Å². The summed E-state index contributed by atoms with van der Waals surface area (Å²) in [5.74, 6) is 3.23. The van der Waals surface area contributed by atoms with E-state index >= 15 is 0 Å². The maximum Gasteiger partial charge on any atom is 0.336 e. The number of amides is 1. The van der Waals surface area contributed by atoms with Crippen molar-refractivity contribution in [3.8, 4) is 23.1 Å². The van der Waals surface area contributed by atoms with Gasteiger partial charge in [-0.1, -0.05) is 24.3 Å². The van der Waals surface area contributed by atoms with Gasteiger partial charge in [-0.2, -0.15) is 4.98 Å². The Labute approximate surface area is 200 Å². The van der Waals surface area contributed by atoms with Crippen molar-refractivity contribution in [3.63, 3.8) is 0 Å². The van der Waals surface area contributed by atoms with Crippen molar-refractivity contribution in [2.75, 3.05) is 11.9 Å². The van der Waals surface area contributed by atoms with Crippen LogP contribution in [0.2, 0.25) is 0 Å². The summed E-state index contributed by atoms with van der Waals surface area (Å²) < 4.78 is 7.42. The highest BCUT2D eigenvalue weighted by molar-refractivity contribution is 5.95. The van der Waals surface area contributed by atoms with Gasteiger partial charge in [-0.3, -0.25) is 4.79 Å². The second-order valence-corrected chi connectivity index (χ2v) is 10.6. The van der Waals surface area contributed by atoms with Crippen molar-refractivity contribution in [2.45, 2.75) is 52.4 Å². The summed E-state index contributed by atoms with van der Waals surface area (Å²) in [6.45, 7) is 4.50. The first-order valence-corrected chi connectivity index (χ1v) is 12.6. The monoisotopic (exact) mass is 456 g/mol. The predicted molar refractivity (Wildman–Crippen MR) is 132 cm³/mol. The van der Waals surface area contributed by atoms with Gasteiger partial charge in [0.05, 0.1) is 17.7 Å². The SMILES string of the molecule is CCOc1nc(-c2ccccc2C)n(-c2ccc(NC(=O)C34CC5CC(CC(C5)C3)C4)cc2)n1. The molecule has 1 N–H and O–H groups in total. The maximum atomic E-state index is 13.4. The van der Waals surface area contributed by atoms with E-state index in [2.05, 4.69) is 28.4 Å². The fraction of sp³-hybridized carbons (Fsp3) is 0.464. The number of carbonyl (C=O) groups excluding carboxylic acids is 1. The number of ether oxygens (including phenoxy) is 1. The molecule has 176 valence electrons. The van der Waals surface area contributed by atoms with E-state index in [0.29, 0.717) is 12.6 Å². The number of anilines is 1. The first-order valence-electron chi connectivity index (χ1n) is 12.6. The van der Waals surface area contributed by atoms with E-state index in [-0.39, 0.29) is 11.3 Å². The minimum Gasteiger partial charge on any atom is -0.463 e. The normalized spacial score (nSPS) is 27.1. The molecule has 3 aromatic rings. The molecule has 4 fully saturated rings. The van der Waals surface area contributed by atoms with E-state index in [1.807, 2.05) is 54.1 Å². The van der Waals surface area contributed by atoms with E-state index in [1.165, 1.54) is 19.3 Å². The average Bonchev–Trinajstić information content (AvgIpc) is 3.23. The third kappa shape index (κ3) is 3.69. The Morgan fingerprint density at radius 1 is 1.03 bits per heavy atom. The number of carbonyl (C=O) groups is 1. The summed E-state index contributed by atoms with van der Waals surface area (Å²) in [5.41, 5.74) is 3.71. The minimum atomic E-state index is -0.149. The Hall–Kier alpha value is -3.15. The van der Waals surface area contributed by atoms with Crippen LogP contribution in [0, 0.1) is 30.1 Å². The number of hydrogen-bond donors (Lipinski definition) is 1. The second kappa shape index (κ2) is 8.26. The molecule has 1 amide bonds. The summed E-state index contributed by atoms with van der Waals surface area (Å²) in [6, 6.07) is 16.4. The third-order valence-electron chi connectivity index (χ3n) is 8.14. The quantitative estimate of drug-likeness (QED) is 0.509. The van der Waals surface area contributed by atoms with Gasteiger partial charge in [-0.05, 0) is 100.0 Å². The summed E-state index contributed by atoms with van der Waals surface area (Å²) in [7, 11) is 0. The van der Waals surface area contributed by atoms with Gasteiger partial charge in [-0.25, -0.2) is 4.68 Å². The standard InChI is InChI=1S/C28H32N4O2/c1-3-34-27-30-25(24-7-5-4-6-18(24)2)32(31-27)23-10-8-22(9-11-23)29-26(33)28-15-19-12-20(16-28)14-21(13-19)17-28/h4-11,19-21H,3,12-17H2,1-2H3,(H,29,33). The van der Waals surface area contributed by atoms with Crippen molar-refractivity contribution >= 4 is 11.6 Å². The molecule has 4 bridgehead atoms. The predicted octanol–water partition coefficient (Wildman–Crippen LogP) is 5.80. The zero-order valence-corrected chi connectivity index (χ0v) is 20.0. The summed E-state index contributed by atoms with van der Waals surface area (Å²) in [4.78, 5) is 18.1. The molecule has 4 aliphatic rings. The number of nitrogens with one attached hydrogen (secondary N) is 1. The van der Waals surface area contributed by atoms with Gasteiger partial charge in [0, 0.05) is 11.3 Å². The fourth-order valence-corrected chi connectivity index (χ4v) is 7.00. The number of benzene rings is 2. The van der Waals surface area contributed by atoms with Crippen LogP contribution in [0.25, 0.3) is 17.1 Å². The number of aromatic nitrogens is 3. The zero-order valence-electron chi connectivity index (χ0n) is 20.0. The largest absolute Gasteiger partial charge is 0.463 e. The van der Waals surface area contributed by atoms with E-state index in [4.69, 9.17) is 4.74 Å². The Kier molecular flexibility index (Phi) is 5.19. The summed E-state index contributed by atoms with van der Waals surface area (Å²) in [6.07, 6.45) is 7.23. The van der Waals surface area contributed by atoms with Gasteiger partial charge >= 0.3 is 6.01 Å². The Morgan fingerprint density at radius 2 is 1.68 bits per heavy atom. The molecule has 7 rings (SSSR count). The lowest BCUT2D eigenvalue weighted by Gasteiger charge is -2.55. The second-order valence-electron chi connectivity index (χ2n) is 10.6. The van der Waals surface area contributed by atoms with Crippen LogP contribution < -0.4 is 10.1 Å². The van der Waals surface area contributed by atoms with Gasteiger partial charge in [0.2, 0.25) is 5.91 Å². The van der Waals surface area contributed by atoms with Crippen LogP contribution in [0.1, 0.15) is 51.0 Å².